The third-order valence-corrected chi connectivity index (χ3v) is 6.38. The summed E-state index contributed by atoms with van der Waals surface area (Å²) in [5, 5.41) is 0. The molecule has 3 fully saturated rings. The van der Waals surface area contributed by atoms with Crippen LogP contribution >= 0.6 is 0 Å². The maximum Gasteiger partial charge on any atom is 0.334 e. The van der Waals surface area contributed by atoms with E-state index in [-0.39, 0.29) is 29.9 Å². The Kier molecular flexibility index (Phi) is 4.97. The van der Waals surface area contributed by atoms with Gasteiger partial charge in [0, 0.05) is 11.5 Å². The van der Waals surface area contributed by atoms with Crippen LogP contribution in [-0.2, 0) is 23.8 Å². The number of hydrogen-bond acceptors (Lipinski definition) is 5. The minimum Gasteiger partial charge on any atom is -0.455 e. The fourth-order valence-corrected chi connectivity index (χ4v) is 4.35. The van der Waals surface area contributed by atoms with Gasteiger partial charge in [-0.1, -0.05) is 33.8 Å². The van der Waals surface area contributed by atoms with Crippen LogP contribution in [-0.4, -0.2) is 35.9 Å². The number of carbonyl (C=O) groups is 2. The highest BCUT2D eigenvalue weighted by atomic mass is 16.6. The molecule has 7 atom stereocenters. The second kappa shape index (κ2) is 6.75. The van der Waals surface area contributed by atoms with E-state index >= 15 is 0 Å². The summed E-state index contributed by atoms with van der Waals surface area (Å²) < 4.78 is 18.1. The highest BCUT2D eigenvalue weighted by molar-refractivity contribution is 5.91. The van der Waals surface area contributed by atoms with Gasteiger partial charge in [0.15, 0.2) is 6.10 Å². The van der Waals surface area contributed by atoms with Crippen molar-refractivity contribution in [3.8, 4) is 0 Å². The van der Waals surface area contributed by atoms with Crippen molar-refractivity contribution in [1.82, 2.24) is 0 Å². The Bertz CT molecular complexity index is 570. The van der Waals surface area contributed by atoms with Gasteiger partial charge >= 0.3 is 11.9 Å². The van der Waals surface area contributed by atoms with Crippen molar-refractivity contribution in [2.45, 2.75) is 83.7 Å². The van der Waals surface area contributed by atoms with Gasteiger partial charge in [0.05, 0.1) is 12.0 Å². The topological polar surface area (TPSA) is 61.8 Å². The predicted molar refractivity (Wildman–Crippen MR) is 92.8 cm³/mol. The van der Waals surface area contributed by atoms with Gasteiger partial charge in [-0.25, -0.2) is 4.79 Å². The highest BCUT2D eigenvalue weighted by Crippen LogP contribution is 2.47. The summed E-state index contributed by atoms with van der Waals surface area (Å²) in [5.41, 5.74) is -0.150. The monoisotopic (exact) mass is 350 g/mol. The molecule has 2 bridgehead atoms. The van der Waals surface area contributed by atoms with Crippen LogP contribution in [0.1, 0.15) is 59.8 Å². The number of ether oxygens (including phenoxy) is 3. The molecule has 3 aliphatic rings. The van der Waals surface area contributed by atoms with Crippen LogP contribution in [0.25, 0.3) is 0 Å². The van der Waals surface area contributed by atoms with E-state index in [1.54, 1.807) is 0 Å². The Morgan fingerprint density at radius 1 is 1.48 bits per heavy atom. The fourth-order valence-electron chi connectivity index (χ4n) is 4.35. The summed E-state index contributed by atoms with van der Waals surface area (Å²) in [6.07, 6.45) is 3.24. The fraction of sp³-hybridized carbons (Fsp3) is 0.800. The van der Waals surface area contributed by atoms with Gasteiger partial charge in [0.1, 0.15) is 11.7 Å². The Morgan fingerprint density at radius 3 is 2.88 bits per heavy atom. The predicted octanol–water partition coefficient (Wildman–Crippen LogP) is 3.41. The van der Waals surface area contributed by atoms with Crippen molar-refractivity contribution in [3.05, 3.63) is 12.2 Å². The van der Waals surface area contributed by atoms with E-state index in [4.69, 9.17) is 14.2 Å². The molecule has 0 aromatic rings. The zero-order valence-electron chi connectivity index (χ0n) is 15.7. The number of hydrogen-bond donors (Lipinski definition) is 0. The smallest absolute Gasteiger partial charge is 0.334 e. The molecule has 0 amide bonds. The van der Waals surface area contributed by atoms with Crippen LogP contribution in [0.5, 0.6) is 0 Å². The summed E-state index contributed by atoms with van der Waals surface area (Å²) in [6, 6.07) is 0. The molecule has 0 spiro atoms. The van der Waals surface area contributed by atoms with Crippen LogP contribution in [0.4, 0.5) is 0 Å². The Morgan fingerprint density at radius 2 is 2.20 bits per heavy atom. The lowest BCUT2D eigenvalue weighted by molar-refractivity contribution is -0.200. The van der Waals surface area contributed by atoms with Crippen LogP contribution in [0.15, 0.2) is 12.2 Å². The van der Waals surface area contributed by atoms with E-state index in [0.29, 0.717) is 24.3 Å². The maximum absolute atomic E-state index is 12.5. The van der Waals surface area contributed by atoms with Crippen molar-refractivity contribution in [2.75, 3.05) is 0 Å². The summed E-state index contributed by atoms with van der Waals surface area (Å²) in [4.78, 5) is 24.7. The summed E-state index contributed by atoms with van der Waals surface area (Å²) >= 11 is 0. The minimum absolute atomic E-state index is 0.0264. The van der Waals surface area contributed by atoms with Gasteiger partial charge in [-0.05, 0) is 38.5 Å². The molecule has 0 aliphatic carbocycles. The van der Waals surface area contributed by atoms with Crippen LogP contribution < -0.4 is 0 Å². The molecule has 3 aliphatic heterocycles. The largest absolute Gasteiger partial charge is 0.455 e. The lowest BCUT2D eigenvalue weighted by Gasteiger charge is -2.38. The van der Waals surface area contributed by atoms with Gasteiger partial charge < -0.3 is 14.2 Å². The van der Waals surface area contributed by atoms with Crippen LogP contribution in [0.2, 0.25) is 0 Å². The summed E-state index contributed by atoms with van der Waals surface area (Å²) in [6.45, 7) is 12.0. The highest BCUT2D eigenvalue weighted by Gasteiger charge is 2.57. The van der Waals surface area contributed by atoms with Gasteiger partial charge in [-0.2, -0.15) is 0 Å². The molecular weight excluding hydrogens is 320 g/mol. The number of esters is 2. The van der Waals surface area contributed by atoms with Crippen LogP contribution in [0.3, 0.4) is 0 Å². The molecular formula is C20H30O5. The Hall–Kier alpha value is -1.36. The molecule has 0 aromatic carbocycles. The second-order valence-corrected chi connectivity index (χ2v) is 8.24. The van der Waals surface area contributed by atoms with Gasteiger partial charge in [0.2, 0.25) is 0 Å². The Balaban J connectivity index is 1.97. The third kappa shape index (κ3) is 3.23. The van der Waals surface area contributed by atoms with E-state index < -0.39 is 17.8 Å². The lowest BCUT2D eigenvalue weighted by Crippen LogP contribution is -2.52. The van der Waals surface area contributed by atoms with E-state index in [9.17, 15) is 9.59 Å². The summed E-state index contributed by atoms with van der Waals surface area (Å²) in [7, 11) is 0. The normalized spacial score (nSPS) is 42.0. The summed E-state index contributed by atoms with van der Waals surface area (Å²) in [5.74, 6) is -0.550. The van der Waals surface area contributed by atoms with E-state index in [2.05, 4.69) is 13.5 Å². The van der Waals surface area contributed by atoms with Crippen molar-refractivity contribution >= 4 is 11.9 Å². The molecule has 5 heteroatoms. The lowest BCUT2D eigenvalue weighted by atomic mass is 9.79. The molecule has 3 rings (SSSR count). The zero-order valence-corrected chi connectivity index (χ0v) is 15.7. The third-order valence-electron chi connectivity index (χ3n) is 6.38. The average molecular weight is 350 g/mol. The van der Waals surface area contributed by atoms with E-state index in [1.807, 2.05) is 20.8 Å². The van der Waals surface area contributed by atoms with Crippen molar-refractivity contribution in [3.63, 3.8) is 0 Å². The molecule has 0 aromatic heterocycles. The molecule has 0 radical (unpaired) electrons. The second-order valence-electron chi connectivity index (χ2n) is 8.24. The number of carbonyl (C=O) groups excluding carboxylic acids is 2. The molecule has 5 nitrogen and oxygen atoms in total. The maximum atomic E-state index is 12.5. The molecule has 3 heterocycles. The minimum atomic E-state index is -0.636. The molecule has 140 valence electrons. The van der Waals surface area contributed by atoms with E-state index in [0.717, 1.165) is 19.3 Å². The first kappa shape index (κ1) is 18.4. The first-order valence-corrected chi connectivity index (χ1v) is 9.55. The van der Waals surface area contributed by atoms with Crippen molar-refractivity contribution in [1.29, 1.82) is 0 Å². The molecule has 25 heavy (non-hydrogen) atoms. The zero-order chi connectivity index (χ0) is 18.4. The van der Waals surface area contributed by atoms with E-state index in [1.165, 1.54) is 0 Å². The average Bonchev–Trinajstić information content (AvgIpc) is 2.70. The first-order chi connectivity index (χ1) is 11.8. The van der Waals surface area contributed by atoms with Crippen LogP contribution in [0, 0.1) is 17.8 Å². The standard InChI is InChI=1S/C20H30O5/c1-6-11(2)18(21)24-17-16-14(13(4)19(22)23-16)10-15-12(3)8-7-9-20(17,5)25-15/h11-12,14-17H,4,6-10H2,1-3,5H3/t11-,12+,14-,15-,16-,17+,20-/m1/s1. The SMILES string of the molecule is C=C1C(=O)O[C@@H]2[C@@H]1C[C@H]1O[C@](C)(CCC[C@@H]1C)[C@H]2OC(=O)[C@H](C)CC. The number of rotatable bonds is 3. The van der Waals surface area contributed by atoms with Crippen molar-refractivity contribution in [2.24, 2.45) is 17.8 Å². The first-order valence-electron chi connectivity index (χ1n) is 9.55. The number of fused-ring (bicyclic) bond motifs is 3. The van der Waals surface area contributed by atoms with Gasteiger partial charge in [-0.3, -0.25) is 4.79 Å². The molecule has 0 unspecified atom stereocenters. The Labute approximate surface area is 150 Å². The quantitative estimate of drug-likeness (QED) is 0.576. The van der Waals surface area contributed by atoms with Gasteiger partial charge in [-0.15, -0.1) is 0 Å². The van der Waals surface area contributed by atoms with Gasteiger partial charge in [0.25, 0.3) is 0 Å². The van der Waals surface area contributed by atoms with Crippen molar-refractivity contribution < 1.29 is 23.8 Å². The molecule has 3 saturated heterocycles. The molecule has 0 saturated carbocycles. The molecule has 0 N–H and O–H groups in total.